The molecule has 11 aromatic rings. The number of rotatable bonds is 6. The average Bonchev–Trinajstić information content (AvgIpc) is 3.86. The zero-order chi connectivity index (χ0) is 37.0. The summed E-state index contributed by atoms with van der Waals surface area (Å²) in [6.07, 6.45) is 0. The highest BCUT2D eigenvalue weighted by molar-refractivity contribution is 7.26. The van der Waals surface area contributed by atoms with E-state index in [4.69, 9.17) is 19.4 Å². The normalized spacial score (nSPS) is 11.6. The molecule has 4 nitrogen and oxygen atoms in total. The van der Waals surface area contributed by atoms with Gasteiger partial charge in [-0.1, -0.05) is 164 Å². The first-order valence-corrected chi connectivity index (χ1v) is 19.5. The number of benzene rings is 8. The number of aromatic nitrogens is 3. The van der Waals surface area contributed by atoms with E-state index in [0.717, 1.165) is 71.8 Å². The first kappa shape index (κ1) is 32.2. The molecule has 262 valence electrons. The molecule has 0 spiro atoms. The van der Waals surface area contributed by atoms with E-state index in [-0.39, 0.29) is 0 Å². The molecule has 5 heteroatoms. The molecule has 0 amide bonds. The van der Waals surface area contributed by atoms with E-state index >= 15 is 0 Å². The first-order chi connectivity index (χ1) is 27.8. The van der Waals surface area contributed by atoms with Crippen LogP contribution in [0.3, 0.4) is 0 Å². The number of hydrogen-bond donors (Lipinski definition) is 0. The third kappa shape index (κ3) is 5.40. The second-order valence-corrected chi connectivity index (χ2v) is 15.0. The molecule has 0 saturated heterocycles. The summed E-state index contributed by atoms with van der Waals surface area (Å²) in [5.41, 5.74) is 11.4. The summed E-state index contributed by atoms with van der Waals surface area (Å²) >= 11 is 1.81. The molecule has 0 aliphatic heterocycles. The van der Waals surface area contributed by atoms with Gasteiger partial charge in [0, 0.05) is 58.8 Å². The van der Waals surface area contributed by atoms with Crippen LogP contribution in [-0.2, 0) is 0 Å². The Kier molecular flexibility index (Phi) is 7.64. The van der Waals surface area contributed by atoms with E-state index in [2.05, 4.69) is 152 Å². The summed E-state index contributed by atoms with van der Waals surface area (Å²) in [5.74, 6) is 1.92. The van der Waals surface area contributed by atoms with Crippen LogP contribution >= 0.6 is 11.3 Å². The smallest absolute Gasteiger partial charge is 0.164 e. The summed E-state index contributed by atoms with van der Waals surface area (Å²) in [6, 6.07) is 65.5. The minimum atomic E-state index is 0.636. The van der Waals surface area contributed by atoms with Gasteiger partial charge in [-0.3, -0.25) is 0 Å². The van der Waals surface area contributed by atoms with Gasteiger partial charge in [0.05, 0.1) is 0 Å². The number of thiophene rings is 1. The van der Waals surface area contributed by atoms with Crippen LogP contribution in [0.4, 0.5) is 0 Å². The van der Waals surface area contributed by atoms with E-state index < -0.39 is 0 Å². The second kappa shape index (κ2) is 13.3. The summed E-state index contributed by atoms with van der Waals surface area (Å²) in [5, 5.41) is 4.54. The fraction of sp³-hybridized carbons (Fsp3) is 0. The third-order valence-corrected chi connectivity index (χ3v) is 11.8. The lowest BCUT2D eigenvalue weighted by atomic mass is 9.93. The van der Waals surface area contributed by atoms with Crippen LogP contribution in [0.25, 0.3) is 110 Å². The van der Waals surface area contributed by atoms with E-state index in [1.54, 1.807) is 0 Å². The molecule has 3 heterocycles. The quantitative estimate of drug-likeness (QED) is 0.171. The number of para-hydroxylation sites is 1. The van der Waals surface area contributed by atoms with Crippen molar-refractivity contribution < 1.29 is 4.42 Å². The molecular weight excluding hydrogens is 703 g/mol. The zero-order valence-corrected chi connectivity index (χ0v) is 30.9. The van der Waals surface area contributed by atoms with Crippen molar-refractivity contribution in [2.45, 2.75) is 0 Å². The highest BCUT2D eigenvalue weighted by Gasteiger charge is 2.22. The maximum absolute atomic E-state index is 6.66. The lowest BCUT2D eigenvalue weighted by Gasteiger charge is -2.11. The molecule has 56 heavy (non-hydrogen) atoms. The van der Waals surface area contributed by atoms with Crippen LogP contribution in [0.1, 0.15) is 0 Å². The highest BCUT2D eigenvalue weighted by Crippen LogP contribution is 2.47. The van der Waals surface area contributed by atoms with Gasteiger partial charge in [-0.05, 0) is 46.5 Å². The molecule has 3 aromatic heterocycles. The number of nitrogens with zero attached hydrogens (tertiary/aromatic N) is 3. The van der Waals surface area contributed by atoms with E-state index in [1.165, 1.54) is 20.3 Å². The topological polar surface area (TPSA) is 51.8 Å². The van der Waals surface area contributed by atoms with Gasteiger partial charge in [-0.15, -0.1) is 11.3 Å². The van der Waals surface area contributed by atoms with Gasteiger partial charge in [0.25, 0.3) is 0 Å². The molecule has 0 fully saturated rings. The molecule has 0 unspecified atom stereocenters. The molecule has 11 rings (SSSR count). The maximum Gasteiger partial charge on any atom is 0.164 e. The molecule has 0 N–H and O–H groups in total. The number of furan rings is 1. The van der Waals surface area contributed by atoms with Crippen LogP contribution in [0.2, 0.25) is 0 Å². The predicted molar refractivity (Wildman–Crippen MR) is 233 cm³/mol. The van der Waals surface area contributed by atoms with Gasteiger partial charge in [-0.25, -0.2) is 15.0 Å². The average molecular weight is 734 g/mol. The van der Waals surface area contributed by atoms with Crippen molar-refractivity contribution >= 4 is 53.4 Å². The molecule has 0 aliphatic rings. The Labute approximate surface area is 327 Å². The fourth-order valence-electron chi connectivity index (χ4n) is 7.95. The fourth-order valence-corrected chi connectivity index (χ4v) is 9.21. The first-order valence-electron chi connectivity index (χ1n) is 18.7. The van der Waals surface area contributed by atoms with Crippen molar-refractivity contribution in [1.82, 2.24) is 15.0 Å². The Hall–Kier alpha value is -7.21. The van der Waals surface area contributed by atoms with Crippen molar-refractivity contribution in [2.75, 3.05) is 0 Å². The molecule has 0 radical (unpaired) electrons. The van der Waals surface area contributed by atoms with E-state index in [9.17, 15) is 0 Å². The minimum Gasteiger partial charge on any atom is -0.455 e. The molecule has 0 saturated carbocycles. The lowest BCUT2D eigenvalue weighted by Crippen LogP contribution is -2.00. The summed E-state index contributed by atoms with van der Waals surface area (Å²) in [7, 11) is 0. The van der Waals surface area contributed by atoms with Crippen molar-refractivity contribution in [3.8, 4) is 67.5 Å². The van der Waals surface area contributed by atoms with Crippen molar-refractivity contribution in [3.05, 3.63) is 188 Å². The molecule has 0 atom stereocenters. The van der Waals surface area contributed by atoms with Gasteiger partial charge in [0.15, 0.2) is 17.5 Å². The lowest BCUT2D eigenvalue weighted by molar-refractivity contribution is 0.670. The Bertz CT molecular complexity index is 3240. The number of hydrogen-bond acceptors (Lipinski definition) is 5. The highest BCUT2D eigenvalue weighted by atomic mass is 32.1. The van der Waals surface area contributed by atoms with Crippen molar-refractivity contribution in [2.24, 2.45) is 0 Å². The van der Waals surface area contributed by atoms with Gasteiger partial charge < -0.3 is 4.42 Å². The standard InChI is InChI=1S/C51H31N3OS/c1-4-15-32(16-5-1)35-21-12-22-36(31-35)50-52-49(34-19-8-3-9-20-34)53-51(54-50)42-26-14-28-44-45(42)41-25-13-24-39(48(41)56-44)38-30-29-37(33-17-6-2-7-18-33)47-46(38)40-23-10-11-27-43(40)55-47/h1-31H. The maximum atomic E-state index is 6.66. The van der Waals surface area contributed by atoms with Gasteiger partial charge in [0.2, 0.25) is 0 Å². The monoisotopic (exact) mass is 733 g/mol. The van der Waals surface area contributed by atoms with E-state index in [0.29, 0.717) is 17.5 Å². The SMILES string of the molecule is c1ccc(-c2cccc(-c3nc(-c4ccccc4)nc(-c4cccc5sc6c(-c7ccc(-c8ccccc8)c8oc9ccccc9c78)cccc6c45)n3)c2)cc1. The van der Waals surface area contributed by atoms with Gasteiger partial charge >= 0.3 is 0 Å². The van der Waals surface area contributed by atoms with Crippen molar-refractivity contribution in [3.63, 3.8) is 0 Å². The Morgan fingerprint density at radius 1 is 0.357 bits per heavy atom. The Morgan fingerprint density at radius 3 is 1.73 bits per heavy atom. The minimum absolute atomic E-state index is 0.636. The second-order valence-electron chi connectivity index (χ2n) is 13.9. The van der Waals surface area contributed by atoms with Crippen LogP contribution in [0.15, 0.2) is 192 Å². The van der Waals surface area contributed by atoms with Crippen LogP contribution in [0.5, 0.6) is 0 Å². The van der Waals surface area contributed by atoms with Crippen LogP contribution in [-0.4, -0.2) is 15.0 Å². The summed E-state index contributed by atoms with van der Waals surface area (Å²) < 4.78 is 9.04. The van der Waals surface area contributed by atoms with Crippen molar-refractivity contribution in [1.29, 1.82) is 0 Å². The van der Waals surface area contributed by atoms with Crippen LogP contribution in [0, 0.1) is 0 Å². The third-order valence-electron chi connectivity index (χ3n) is 10.6. The van der Waals surface area contributed by atoms with Crippen LogP contribution < -0.4 is 0 Å². The summed E-state index contributed by atoms with van der Waals surface area (Å²) in [4.78, 5) is 15.5. The molecule has 0 aliphatic carbocycles. The van der Waals surface area contributed by atoms with Gasteiger partial charge in [-0.2, -0.15) is 0 Å². The number of fused-ring (bicyclic) bond motifs is 6. The molecular formula is C51H31N3OS. The predicted octanol–water partition coefficient (Wildman–Crippen LogP) is 14.1. The summed E-state index contributed by atoms with van der Waals surface area (Å²) in [6.45, 7) is 0. The van der Waals surface area contributed by atoms with Gasteiger partial charge in [0.1, 0.15) is 11.2 Å². The molecule has 0 bridgehead atoms. The zero-order valence-electron chi connectivity index (χ0n) is 30.1. The Morgan fingerprint density at radius 2 is 0.929 bits per heavy atom. The van der Waals surface area contributed by atoms with E-state index in [1.807, 2.05) is 47.7 Å². The molecule has 8 aromatic carbocycles. The largest absolute Gasteiger partial charge is 0.455 e. The Balaban J connectivity index is 1.13.